The van der Waals surface area contributed by atoms with Gasteiger partial charge >= 0.3 is 0 Å². The van der Waals surface area contributed by atoms with E-state index in [2.05, 4.69) is 21.5 Å². The van der Waals surface area contributed by atoms with Crippen LogP contribution in [0.25, 0.3) is 0 Å². The Morgan fingerprint density at radius 1 is 1.17 bits per heavy atom. The summed E-state index contributed by atoms with van der Waals surface area (Å²) in [6.07, 6.45) is 9.64. The van der Waals surface area contributed by atoms with Crippen molar-refractivity contribution in [1.29, 1.82) is 0 Å². The normalized spacial score (nSPS) is 34.7. The molecule has 1 aliphatic carbocycles. The van der Waals surface area contributed by atoms with E-state index in [1.165, 1.54) is 0 Å². The number of likely N-dealkylation sites (tertiary alicyclic amines) is 1. The van der Waals surface area contributed by atoms with Gasteiger partial charge in [0.2, 0.25) is 17.7 Å². The molecule has 1 N–H and O–H groups in total. The van der Waals surface area contributed by atoms with Crippen molar-refractivity contribution in [2.24, 2.45) is 21.1 Å². The average Bonchev–Trinajstić information content (AvgIpc) is 3.02. The largest absolute Gasteiger partial charge is 0.340 e. The zero-order chi connectivity index (χ0) is 17.0. The predicted octanol–water partition coefficient (Wildman–Crippen LogP) is 0.997. The van der Waals surface area contributed by atoms with E-state index >= 15 is 0 Å². The van der Waals surface area contributed by atoms with Gasteiger partial charge in [0.25, 0.3) is 0 Å². The van der Waals surface area contributed by atoms with Crippen molar-refractivity contribution < 1.29 is 14.4 Å². The lowest BCUT2D eigenvalue weighted by molar-refractivity contribution is -0.133. The lowest BCUT2D eigenvalue weighted by Gasteiger charge is -2.25. The highest BCUT2D eigenvalue weighted by Gasteiger charge is 2.72. The van der Waals surface area contributed by atoms with Crippen LogP contribution in [0.4, 0.5) is 0 Å². The summed E-state index contributed by atoms with van der Waals surface area (Å²) >= 11 is 0. The summed E-state index contributed by atoms with van der Waals surface area (Å²) in [7, 11) is 0. The molecule has 2 unspecified atom stereocenters. The summed E-state index contributed by atoms with van der Waals surface area (Å²) in [6, 6.07) is 0. The van der Waals surface area contributed by atoms with Crippen LogP contribution in [0.15, 0.2) is 10.2 Å². The first kappa shape index (κ1) is 15.3. The van der Waals surface area contributed by atoms with Gasteiger partial charge in [0.05, 0.1) is 10.8 Å². The molecular weight excluding hydrogens is 308 g/mol. The number of amides is 3. The highest BCUT2D eigenvalue weighted by Crippen LogP contribution is 2.60. The van der Waals surface area contributed by atoms with Crippen LogP contribution in [0.2, 0.25) is 0 Å². The third kappa shape index (κ3) is 1.89. The fraction of sp³-hybridized carbons (Fsp3) is 0.706. The average molecular weight is 328 g/mol. The monoisotopic (exact) mass is 328 g/mol. The smallest absolute Gasteiger partial charge is 0.235 e. The molecule has 1 saturated carbocycles. The van der Waals surface area contributed by atoms with Gasteiger partial charge in [-0.1, -0.05) is 6.42 Å². The minimum atomic E-state index is -0.699. The summed E-state index contributed by atoms with van der Waals surface area (Å²) in [5.74, 6) is 2.15. The van der Waals surface area contributed by atoms with E-state index in [4.69, 9.17) is 6.42 Å². The Hall–Kier alpha value is -2.23. The highest BCUT2D eigenvalue weighted by molar-refractivity contribution is 6.11. The summed E-state index contributed by atoms with van der Waals surface area (Å²) in [4.78, 5) is 39.0. The molecule has 2 saturated heterocycles. The Kier molecular flexibility index (Phi) is 3.11. The number of carbonyl (C=O) groups excluding carboxylic acids is 3. The van der Waals surface area contributed by atoms with E-state index in [1.54, 1.807) is 4.90 Å². The molecule has 4 aliphatic rings. The molecule has 7 heteroatoms. The fourth-order valence-corrected chi connectivity index (χ4v) is 4.80. The molecular formula is C17H20N4O3. The molecule has 7 nitrogen and oxygen atoms in total. The molecule has 3 amide bonds. The van der Waals surface area contributed by atoms with Crippen LogP contribution in [0, 0.1) is 23.2 Å². The summed E-state index contributed by atoms with van der Waals surface area (Å²) < 4.78 is 0. The van der Waals surface area contributed by atoms with Crippen LogP contribution in [-0.2, 0) is 14.4 Å². The molecule has 24 heavy (non-hydrogen) atoms. The standard InChI is InChI=1S/C17H20N4O3/c1-2-3-8-17(19-20-17)9-5-12(22)21-10-15-6-4-7-16(15,11-21)14(24)18-13(15)23/h1H,3-11H2,(H,18,23,24). The van der Waals surface area contributed by atoms with Crippen molar-refractivity contribution in [3.63, 3.8) is 0 Å². The van der Waals surface area contributed by atoms with Gasteiger partial charge in [-0.3, -0.25) is 19.7 Å². The van der Waals surface area contributed by atoms with Gasteiger partial charge in [-0.25, -0.2) is 0 Å². The molecule has 0 aromatic rings. The van der Waals surface area contributed by atoms with E-state index in [0.29, 0.717) is 51.6 Å². The Morgan fingerprint density at radius 3 is 2.33 bits per heavy atom. The fourth-order valence-electron chi connectivity index (χ4n) is 4.80. The molecule has 3 aliphatic heterocycles. The molecule has 0 aromatic heterocycles. The van der Waals surface area contributed by atoms with Crippen molar-refractivity contribution in [1.82, 2.24) is 10.2 Å². The van der Waals surface area contributed by atoms with Gasteiger partial charge in [-0.05, 0) is 12.8 Å². The SMILES string of the molecule is C#CCCC1(CCC(=O)N2CC34CCCC3(C2)C(=O)NC4=O)N=N1. The van der Waals surface area contributed by atoms with Crippen molar-refractivity contribution >= 4 is 17.7 Å². The van der Waals surface area contributed by atoms with Crippen LogP contribution in [0.1, 0.15) is 44.9 Å². The molecule has 0 aromatic carbocycles. The maximum absolute atomic E-state index is 12.6. The van der Waals surface area contributed by atoms with E-state index in [0.717, 1.165) is 6.42 Å². The zero-order valence-electron chi connectivity index (χ0n) is 13.5. The number of rotatable bonds is 5. The summed E-state index contributed by atoms with van der Waals surface area (Å²) in [5.41, 5.74) is -1.87. The van der Waals surface area contributed by atoms with Crippen LogP contribution in [-0.4, -0.2) is 41.4 Å². The first-order chi connectivity index (χ1) is 11.5. The van der Waals surface area contributed by atoms with Gasteiger partial charge in [-0.2, -0.15) is 10.2 Å². The first-order valence-electron chi connectivity index (χ1n) is 8.48. The number of hydrogen-bond donors (Lipinski definition) is 1. The molecule has 3 fully saturated rings. The summed E-state index contributed by atoms with van der Waals surface area (Å²) in [5, 5.41) is 10.6. The number of imide groups is 1. The van der Waals surface area contributed by atoms with Gasteiger partial charge in [0, 0.05) is 38.8 Å². The van der Waals surface area contributed by atoms with Crippen LogP contribution >= 0.6 is 0 Å². The van der Waals surface area contributed by atoms with E-state index in [9.17, 15) is 14.4 Å². The molecule has 0 spiro atoms. The lowest BCUT2D eigenvalue weighted by Crippen LogP contribution is -2.39. The lowest BCUT2D eigenvalue weighted by atomic mass is 9.70. The van der Waals surface area contributed by atoms with E-state index in [1.807, 2.05) is 0 Å². The third-order valence-corrected chi connectivity index (χ3v) is 6.29. The number of nitrogens with zero attached hydrogens (tertiary/aromatic N) is 3. The Balaban J connectivity index is 1.42. The van der Waals surface area contributed by atoms with Crippen LogP contribution < -0.4 is 5.32 Å². The maximum atomic E-state index is 12.6. The van der Waals surface area contributed by atoms with Gasteiger partial charge in [-0.15, -0.1) is 12.3 Å². The number of terminal acetylenes is 1. The van der Waals surface area contributed by atoms with E-state index < -0.39 is 16.5 Å². The second-order valence-corrected chi connectivity index (χ2v) is 7.44. The molecule has 0 radical (unpaired) electrons. The van der Waals surface area contributed by atoms with Crippen molar-refractivity contribution in [3.05, 3.63) is 0 Å². The zero-order valence-corrected chi connectivity index (χ0v) is 13.5. The second-order valence-electron chi connectivity index (χ2n) is 7.44. The van der Waals surface area contributed by atoms with Crippen molar-refractivity contribution in [3.8, 4) is 12.3 Å². The van der Waals surface area contributed by atoms with Crippen LogP contribution in [0.3, 0.4) is 0 Å². The van der Waals surface area contributed by atoms with Crippen molar-refractivity contribution in [2.45, 2.75) is 50.6 Å². The van der Waals surface area contributed by atoms with Gasteiger partial charge < -0.3 is 4.90 Å². The quantitative estimate of drug-likeness (QED) is 0.603. The van der Waals surface area contributed by atoms with Crippen LogP contribution in [0.5, 0.6) is 0 Å². The Bertz CT molecular complexity index is 673. The topological polar surface area (TPSA) is 91.2 Å². The molecule has 2 atom stereocenters. The third-order valence-electron chi connectivity index (χ3n) is 6.29. The maximum Gasteiger partial charge on any atom is 0.235 e. The second kappa shape index (κ2) is 4.88. The highest BCUT2D eigenvalue weighted by atomic mass is 16.2. The number of hydrogen-bond acceptors (Lipinski definition) is 5. The Labute approximate surface area is 140 Å². The van der Waals surface area contributed by atoms with Gasteiger partial charge in [0.1, 0.15) is 0 Å². The predicted molar refractivity (Wildman–Crippen MR) is 83.3 cm³/mol. The van der Waals surface area contributed by atoms with Gasteiger partial charge in [0.15, 0.2) is 5.66 Å². The molecule has 3 heterocycles. The minimum Gasteiger partial charge on any atom is -0.340 e. The molecule has 0 bridgehead atoms. The molecule has 126 valence electrons. The molecule has 4 rings (SSSR count). The summed E-state index contributed by atoms with van der Waals surface area (Å²) in [6.45, 7) is 0.712. The van der Waals surface area contributed by atoms with Crippen molar-refractivity contribution in [2.75, 3.05) is 13.1 Å². The minimum absolute atomic E-state index is 0.0250. The van der Waals surface area contributed by atoms with E-state index in [-0.39, 0.29) is 17.7 Å². The Morgan fingerprint density at radius 2 is 1.79 bits per heavy atom. The number of nitrogens with one attached hydrogen (secondary N) is 1. The number of carbonyl (C=O) groups is 3. The first-order valence-corrected chi connectivity index (χ1v) is 8.48.